The number of rotatable bonds is 3. The maximum Gasteiger partial charge on any atom is 0.333 e. The zero-order chi connectivity index (χ0) is 19.9. The van der Waals surface area contributed by atoms with Gasteiger partial charge in [-0.15, -0.1) is 0 Å². The molecule has 0 N–H and O–H groups in total. The number of carbonyl (C=O) groups excluding carboxylic acids is 3. The third-order valence-electron chi connectivity index (χ3n) is 3.98. The van der Waals surface area contributed by atoms with Gasteiger partial charge in [-0.05, 0) is 42.5 Å². The van der Waals surface area contributed by atoms with E-state index in [0.717, 1.165) is 21.9 Å². The van der Waals surface area contributed by atoms with E-state index in [1.54, 1.807) is 6.07 Å². The van der Waals surface area contributed by atoms with Crippen LogP contribution in [0.3, 0.4) is 0 Å². The van der Waals surface area contributed by atoms with Gasteiger partial charge >= 0.3 is 6.03 Å². The number of hydrogen-bond donors (Lipinski definition) is 0. The molecule has 1 aromatic carbocycles. The summed E-state index contributed by atoms with van der Waals surface area (Å²) in [6.07, 6.45) is 1.23. The summed E-state index contributed by atoms with van der Waals surface area (Å²) in [6.45, 7) is 0. The third-order valence-corrected chi connectivity index (χ3v) is 4.83. The average molecular weight is 389 g/mol. The van der Waals surface area contributed by atoms with E-state index in [0.29, 0.717) is 11.3 Å². The number of benzene rings is 1. The Kier molecular flexibility index (Phi) is 4.46. The molecule has 0 radical (unpaired) electrons. The minimum Gasteiger partial charge on any atom is -0.744 e. The highest BCUT2D eigenvalue weighted by atomic mass is 32.2. The fourth-order valence-electron chi connectivity index (χ4n) is 2.49. The number of furan rings is 1. The normalized spacial score (nSPS) is 15.5. The van der Waals surface area contributed by atoms with Gasteiger partial charge < -0.3 is 8.97 Å². The van der Waals surface area contributed by atoms with Gasteiger partial charge in [-0.2, -0.15) is 0 Å². The predicted molar refractivity (Wildman–Crippen MR) is 91.0 cm³/mol. The molecule has 4 amide bonds. The quantitative estimate of drug-likeness (QED) is 0.439. The van der Waals surface area contributed by atoms with Gasteiger partial charge in [0.05, 0.1) is 4.90 Å². The van der Waals surface area contributed by atoms with Crippen LogP contribution in [-0.2, 0) is 19.7 Å². The Morgan fingerprint density at radius 3 is 2.00 bits per heavy atom. The molecule has 1 fully saturated rings. The Labute approximate surface area is 154 Å². The lowest BCUT2D eigenvalue weighted by molar-refractivity contribution is -0.134. The van der Waals surface area contributed by atoms with Gasteiger partial charge in [-0.25, -0.2) is 13.2 Å². The number of imide groups is 2. The van der Waals surface area contributed by atoms with E-state index >= 15 is 0 Å². The first-order valence-electron chi connectivity index (χ1n) is 7.57. The Morgan fingerprint density at radius 1 is 0.926 bits per heavy atom. The molecule has 0 bridgehead atoms. The molecule has 140 valence electrons. The van der Waals surface area contributed by atoms with Crippen molar-refractivity contribution in [3.05, 3.63) is 47.7 Å². The van der Waals surface area contributed by atoms with Crippen molar-refractivity contribution in [1.82, 2.24) is 9.80 Å². The highest BCUT2D eigenvalue weighted by Gasteiger charge is 2.38. The van der Waals surface area contributed by atoms with Crippen molar-refractivity contribution in [3.63, 3.8) is 0 Å². The molecular weight excluding hydrogens is 376 g/mol. The SMILES string of the molecule is CN1C(=O)C(=Cc2ccc(-c3ccc(S(=O)(=O)[O-])cc3)o2)C(=O)N(C)C1=O. The molecule has 0 saturated carbocycles. The van der Waals surface area contributed by atoms with E-state index in [1.807, 2.05) is 0 Å². The second kappa shape index (κ2) is 6.49. The Balaban J connectivity index is 1.92. The van der Waals surface area contributed by atoms with E-state index in [1.165, 1.54) is 38.4 Å². The number of carbonyl (C=O) groups is 3. The summed E-state index contributed by atoms with van der Waals surface area (Å²) in [6, 6.07) is 7.45. The number of likely N-dealkylation sites (N-methyl/N-ethyl adjacent to an activating group) is 2. The standard InChI is InChI=1S/C17H14N2O7S/c1-18-15(20)13(16(21)19(2)17(18)22)9-11-5-8-14(26-11)10-3-6-12(7-4-10)27(23,24)25/h3-9H,1-2H3,(H,23,24,25)/p-1. The molecule has 2 heterocycles. The largest absolute Gasteiger partial charge is 0.744 e. The molecule has 0 atom stereocenters. The molecule has 0 aliphatic carbocycles. The minimum atomic E-state index is -4.54. The van der Waals surface area contributed by atoms with E-state index in [9.17, 15) is 27.4 Å². The lowest BCUT2D eigenvalue weighted by atomic mass is 10.1. The van der Waals surface area contributed by atoms with Gasteiger partial charge in [0.25, 0.3) is 11.8 Å². The average Bonchev–Trinajstić information content (AvgIpc) is 3.10. The van der Waals surface area contributed by atoms with E-state index in [2.05, 4.69) is 0 Å². The van der Waals surface area contributed by atoms with Crippen LogP contribution >= 0.6 is 0 Å². The van der Waals surface area contributed by atoms with E-state index in [-0.39, 0.29) is 16.2 Å². The van der Waals surface area contributed by atoms with Gasteiger partial charge in [0.1, 0.15) is 27.2 Å². The maximum absolute atomic E-state index is 12.2. The maximum atomic E-state index is 12.2. The summed E-state index contributed by atoms with van der Waals surface area (Å²) < 4.78 is 38.4. The first-order chi connectivity index (χ1) is 12.6. The Bertz CT molecular complexity index is 1050. The topological polar surface area (TPSA) is 128 Å². The Hall–Kier alpha value is -3.24. The third kappa shape index (κ3) is 3.39. The summed E-state index contributed by atoms with van der Waals surface area (Å²) in [5.41, 5.74) is 0.269. The van der Waals surface area contributed by atoms with Crippen molar-refractivity contribution >= 4 is 34.0 Å². The highest BCUT2D eigenvalue weighted by molar-refractivity contribution is 7.85. The van der Waals surface area contributed by atoms with Crippen LogP contribution in [0, 0.1) is 0 Å². The van der Waals surface area contributed by atoms with Crippen molar-refractivity contribution in [2.45, 2.75) is 4.90 Å². The first-order valence-corrected chi connectivity index (χ1v) is 8.98. The fraction of sp³-hybridized carbons (Fsp3) is 0.118. The number of barbiturate groups is 1. The zero-order valence-electron chi connectivity index (χ0n) is 14.2. The molecule has 0 spiro atoms. The number of amides is 4. The Morgan fingerprint density at radius 2 is 1.48 bits per heavy atom. The fourth-order valence-corrected chi connectivity index (χ4v) is 2.96. The summed E-state index contributed by atoms with van der Waals surface area (Å²) in [4.78, 5) is 37.3. The lowest BCUT2D eigenvalue weighted by Gasteiger charge is -2.28. The van der Waals surface area contributed by atoms with Gasteiger partial charge in [0.15, 0.2) is 0 Å². The summed E-state index contributed by atoms with van der Waals surface area (Å²) >= 11 is 0. The van der Waals surface area contributed by atoms with Gasteiger partial charge in [-0.1, -0.05) is 0 Å². The molecular formula is C17H13N2O7S-. The summed E-state index contributed by atoms with van der Waals surface area (Å²) in [5, 5.41) is 0. The van der Waals surface area contributed by atoms with Crippen molar-refractivity contribution in [1.29, 1.82) is 0 Å². The first kappa shape index (κ1) is 18.5. The number of hydrogen-bond acceptors (Lipinski definition) is 7. The van der Waals surface area contributed by atoms with Crippen LogP contribution < -0.4 is 0 Å². The molecule has 3 rings (SSSR count). The molecule has 1 aliphatic rings. The number of urea groups is 1. The van der Waals surface area contributed by atoms with Gasteiger partial charge in [0, 0.05) is 19.7 Å². The van der Waals surface area contributed by atoms with Crippen LogP contribution in [0.25, 0.3) is 17.4 Å². The van der Waals surface area contributed by atoms with Crippen LogP contribution in [0.4, 0.5) is 4.79 Å². The molecule has 1 aliphatic heterocycles. The van der Waals surface area contributed by atoms with Crippen LogP contribution in [0.2, 0.25) is 0 Å². The van der Waals surface area contributed by atoms with Crippen molar-refractivity contribution in [3.8, 4) is 11.3 Å². The van der Waals surface area contributed by atoms with Crippen molar-refractivity contribution in [2.24, 2.45) is 0 Å². The second-order valence-electron chi connectivity index (χ2n) is 5.75. The van der Waals surface area contributed by atoms with Gasteiger partial charge in [0.2, 0.25) is 0 Å². The molecule has 1 saturated heterocycles. The second-order valence-corrected chi connectivity index (χ2v) is 7.13. The molecule has 1 aromatic heterocycles. The van der Waals surface area contributed by atoms with Crippen LogP contribution in [0.15, 0.2) is 51.3 Å². The monoisotopic (exact) mass is 389 g/mol. The van der Waals surface area contributed by atoms with E-state index < -0.39 is 28.0 Å². The van der Waals surface area contributed by atoms with Crippen LogP contribution in [0.5, 0.6) is 0 Å². The molecule has 2 aromatic rings. The lowest BCUT2D eigenvalue weighted by Crippen LogP contribution is -2.52. The summed E-state index contributed by atoms with van der Waals surface area (Å²) in [7, 11) is -2.02. The zero-order valence-corrected chi connectivity index (χ0v) is 15.0. The molecule has 0 unspecified atom stereocenters. The minimum absolute atomic E-state index is 0.193. The van der Waals surface area contributed by atoms with Gasteiger partial charge in [-0.3, -0.25) is 19.4 Å². The molecule has 9 nitrogen and oxygen atoms in total. The van der Waals surface area contributed by atoms with Crippen LogP contribution in [-0.4, -0.2) is 54.7 Å². The van der Waals surface area contributed by atoms with Crippen LogP contribution in [0.1, 0.15) is 5.76 Å². The highest BCUT2D eigenvalue weighted by Crippen LogP contribution is 2.26. The summed E-state index contributed by atoms with van der Waals surface area (Å²) in [5.74, 6) is -0.958. The molecule has 27 heavy (non-hydrogen) atoms. The molecule has 10 heteroatoms. The predicted octanol–water partition coefficient (Wildman–Crippen LogP) is 1.28. The van der Waals surface area contributed by atoms with Crippen molar-refractivity contribution in [2.75, 3.05) is 14.1 Å². The number of nitrogens with zero attached hydrogens (tertiary/aromatic N) is 2. The van der Waals surface area contributed by atoms with Crippen molar-refractivity contribution < 1.29 is 31.8 Å². The van der Waals surface area contributed by atoms with E-state index in [4.69, 9.17) is 4.42 Å². The smallest absolute Gasteiger partial charge is 0.333 e.